The monoisotopic (exact) mass is 912 g/mol. The Morgan fingerprint density at radius 3 is 1.08 bits per heavy atom. The molecule has 0 atom stereocenters. The van der Waals surface area contributed by atoms with Crippen molar-refractivity contribution in [3.8, 4) is 44.5 Å². The van der Waals surface area contributed by atoms with E-state index in [0.717, 1.165) is 12.8 Å². The minimum Gasteiger partial charge on any atom is -0.423 e. The number of benzene rings is 8. The van der Waals surface area contributed by atoms with Crippen molar-refractivity contribution in [3.05, 3.63) is 229 Å². The van der Waals surface area contributed by atoms with Gasteiger partial charge in [0.05, 0.1) is 0 Å². The van der Waals surface area contributed by atoms with Crippen molar-refractivity contribution in [1.82, 2.24) is 0 Å². The Labute approximate surface area is 374 Å². The van der Waals surface area contributed by atoms with Crippen LogP contribution in [0.15, 0.2) is 185 Å². The number of fused-ring (bicyclic) bond motifs is 6. The molecule has 300 valence electrons. The van der Waals surface area contributed by atoms with Crippen LogP contribution >= 0.6 is 31.9 Å². The molecule has 0 bridgehead atoms. The van der Waals surface area contributed by atoms with E-state index in [9.17, 15) is 0 Å². The number of rotatable bonds is 3. The second-order valence-electron chi connectivity index (χ2n) is 15.2. The molecule has 2 aliphatic rings. The van der Waals surface area contributed by atoms with E-state index in [1.807, 2.05) is 6.07 Å². The lowest BCUT2D eigenvalue weighted by atomic mass is 9.81. The maximum atomic E-state index is 8.58. The van der Waals surface area contributed by atoms with E-state index >= 15 is 0 Å². The number of hydrogen-bond acceptors (Lipinski definition) is 2. The summed E-state index contributed by atoms with van der Waals surface area (Å²) >= 11 is 6.92. The van der Waals surface area contributed by atoms with Crippen molar-refractivity contribution >= 4 is 44.4 Å². The highest BCUT2D eigenvalue weighted by Crippen LogP contribution is 2.44. The molecule has 0 saturated carbocycles. The van der Waals surface area contributed by atoms with Gasteiger partial charge in [0.25, 0.3) is 0 Å². The molecule has 8 aromatic rings. The molecule has 0 unspecified atom stereocenters. The second kappa shape index (κ2) is 20.3. The molecule has 0 aromatic heterocycles. The summed E-state index contributed by atoms with van der Waals surface area (Å²) in [6, 6.07) is 61.1. The topological polar surface area (TPSA) is 40.5 Å². The van der Waals surface area contributed by atoms with Gasteiger partial charge in [-0.05, 0) is 159 Å². The summed E-state index contributed by atoms with van der Waals surface area (Å²) in [5.41, 5.74) is 22.6. The van der Waals surface area contributed by atoms with E-state index in [4.69, 9.17) is 10.0 Å². The molecule has 0 spiro atoms. The predicted octanol–water partition coefficient (Wildman–Crippen LogP) is 14.3. The van der Waals surface area contributed by atoms with Crippen LogP contribution in [0.25, 0.3) is 44.5 Å². The maximum Gasteiger partial charge on any atom is 0.488 e. The van der Waals surface area contributed by atoms with E-state index in [2.05, 4.69) is 205 Å². The fraction of sp³-hybridized carbons (Fsp3) is 0.127. The van der Waals surface area contributed by atoms with Crippen molar-refractivity contribution in [2.75, 3.05) is 0 Å². The van der Waals surface area contributed by atoms with Crippen LogP contribution in [0.3, 0.4) is 0 Å². The SMILES string of the molecule is C.Cc1cc(-c2ccccc2)c(C)cc1-c1ccccc1.Cc1cc(Br)c(C)cc1Br.OB(O)c1ccccc1.c1ccc2c(c1)Cc1cc3c(cc1-2)Cc1ccccc1-3. The molecule has 0 heterocycles. The van der Waals surface area contributed by atoms with E-state index in [1.165, 1.54) is 98.0 Å². The van der Waals surface area contributed by atoms with Crippen molar-refractivity contribution in [2.24, 2.45) is 0 Å². The standard InChI is InChI=1S/C20H14.C20H18.C8H8Br2.C6H7BO2.CH4/c1-3-7-17-13(5-1)9-15-11-20-16(12-19(15)17)10-14-6-2-4-8-18(14)20;1-15-13-20(18-11-7-4-8-12-18)16(2)14-19(15)17-9-5-3-6-10-17;1-5-3-8(10)6(2)4-7(5)9;8-7(9)6-4-2-1-3-5-6;/h1-8,11-12H,9-10H2;3-14H,1-2H3;3-4H,1-2H3;1-5,8-9H;1H4. The zero-order valence-electron chi connectivity index (χ0n) is 33.9. The van der Waals surface area contributed by atoms with Gasteiger partial charge in [0.2, 0.25) is 0 Å². The molecule has 2 N–H and O–H groups in total. The van der Waals surface area contributed by atoms with Crippen molar-refractivity contribution in [2.45, 2.75) is 48.0 Å². The fourth-order valence-corrected chi connectivity index (χ4v) is 8.73. The van der Waals surface area contributed by atoms with Crippen LogP contribution in [0.4, 0.5) is 0 Å². The molecule has 5 heteroatoms. The van der Waals surface area contributed by atoms with E-state index in [-0.39, 0.29) is 7.43 Å². The average molecular weight is 915 g/mol. The van der Waals surface area contributed by atoms with E-state index in [0.29, 0.717) is 5.46 Å². The molecule has 0 amide bonds. The molecule has 2 aliphatic carbocycles. The fourth-order valence-electron chi connectivity index (χ4n) is 7.81. The third-order valence-electron chi connectivity index (χ3n) is 11.0. The normalized spacial score (nSPS) is 11.1. The number of aryl methyl sites for hydroxylation is 4. The molecular weight excluding hydrogens is 863 g/mol. The largest absolute Gasteiger partial charge is 0.488 e. The Morgan fingerprint density at radius 2 is 0.717 bits per heavy atom. The van der Waals surface area contributed by atoms with Gasteiger partial charge in [0, 0.05) is 8.95 Å². The van der Waals surface area contributed by atoms with Crippen molar-refractivity contribution in [3.63, 3.8) is 0 Å². The van der Waals surface area contributed by atoms with Crippen LogP contribution in [-0.2, 0) is 12.8 Å². The lowest BCUT2D eigenvalue weighted by Gasteiger charge is -2.13. The highest BCUT2D eigenvalue weighted by Gasteiger charge is 2.24. The third kappa shape index (κ3) is 10.3. The summed E-state index contributed by atoms with van der Waals surface area (Å²) in [5.74, 6) is 0. The Balaban J connectivity index is 0.000000142. The Bertz CT molecular complexity index is 2510. The van der Waals surface area contributed by atoms with Gasteiger partial charge in [-0.3, -0.25) is 0 Å². The predicted molar refractivity (Wildman–Crippen MR) is 264 cm³/mol. The lowest BCUT2D eigenvalue weighted by molar-refractivity contribution is 0.426. The molecule has 0 saturated heterocycles. The molecule has 0 fully saturated rings. The zero-order valence-corrected chi connectivity index (χ0v) is 37.1. The summed E-state index contributed by atoms with van der Waals surface area (Å²) in [6.45, 7) is 8.53. The van der Waals surface area contributed by atoms with Crippen LogP contribution in [-0.4, -0.2) is 17.2 Å². The van der Waals surface area contributed by atoms with Crippen LogP contribution in [0.2, 0.25) is 0 Å². The molecule has 60 heavy (non-hydrogen) atoms. The summed E-state index contributed by atoms with van der Waals surface area (Å²) in [6.07, 6.45) is 2.17. The first-order valence-electron chi connectivity index (χ1n) is 19.9. The minimum atomic E-state index is -1.34. The number of halogens is 2. The summed E-state index contributed by atoms with van der Waals surface area (Å²) in [5, 5.41) is 17.2. The van der Waals surface area contributed by atoms with Gasteiger partial charge in [-0.25, -0.2) is 0 Å². The Hall–Kier alpha value is -5.30. The lowest BCUT2D eigenvalue weighted by Crippen LogP contribution is -2.29. The van der Waals surface area contributed by atoms with Crippen molar-refractivity contribution < 1.29 is 10.0 Å². The number of hydrogen-bond donors (Lipinski definition) is 2. The zero-order chi connectivity index (χ0) is 41.5. The summed E-state index contributed by atoms with van der Waals surface area (Å²) < 4.78 is 2.35. The van der Waals surface area contributed by atoms with Gasteiger partial charge in [-0.15, -0.1) is 0 Å². The molecule has 10 rings (SSSR count). The molecular formula is C55H51BBr2O2. The molecule has 2 nitrogen and oxygen atoms in total. The molecule has 0 aliphatic heterocycles. The maximum absolute atomic E-state index is 8.58. The first-order valence-corrected chi connectivity index (χ1v) is 21.5. The average Bonchev–Trinajstić information content (AvgIpc) is 3.81. The van der Waals surface area contributed by atoms with E-state index < -0.39 is 7.12 Å². The third-order valence-corrected chi connectivity index (χ3v) is 12.7. The quantitative estimate of drug-likeness (QED) is 0.173. The van der Waals surface area contributed by atoms with Crippen molar-refractivity contribution in [1.29, 1.82) is 0 Å². The Morgan fingerprint density at radius 1 is 0.367 bits per heavy atom. The van der Waals surface area contributed by atoms with Crippen LogP contribution in [0, 0.1) is 27.7 Å². The molecule has 0 radical (unpaired) electrons. The van der Waals surface area contributed by atoms with Gasteiger partial charge in [-0.2, -0.15) is 0 Å². The minimum absolute atomic E-state index is 0. The van der Waals surface area contributed by atoms with Crippen LogP contribution < -0.4 is 5.46 Å². The van der Waals surface area contributed by atoms with Gasteiger partial charge in [0.1, 0.15) is 0 Å². The second-order valence-corrected chi connectivity index (χ2v) is 16.9. The van der Waals surface area contributed by atoms with Gasteiger partial charge in [0.15, 0.2) is 0 Å². The van der Waals surface area contributed by atoms with E-state index in [1.54, 1.807) is 24.3 Å². The highest BCUT2D eigenvalue weighted by atomic mass is 79.9. The first kappa shape index (κ1) is 44.3. The van der Waals surface area contributed by atoms with Gasteiger partial charge >= 0.3 is 7.12 Å². The Kier molecular flexibility index (Phi) is 15.0. The summed E-state index contributed by atoms with van der Waals surface area (Å²) in [4.78, 5) is 0. The first-order chi connectivity index (χ1) is 28.6. The van der Waals surface area contributed by atoms with Crippen LogP contribution in [0.1, 0.15) is 51.9 Å². The summed E-state index contributed by atoms with van der Waals surface area (Å²) in [7, 11) is -1.34. The van der Waals surface area contributed by atoms with Gasteiger partial charge < -0.3 is 10.0 Å². The highest BCUT2D eigenvalue weighted by molar-refractivity contribution is 9.11. The molecule has 8 aromatic carbocycles. The van der Waals surface area contributed by atoms with Gasteiger partial charge in [-0.1, -0.05) is 191 Å². The smallest absolute Gasteiger partial charge is 0.423 e. The van der Waals surface area contributed by atoms with Crippen LogP contribution in [0.5, 0.6) is 0 Å².